The molecule has 17 amide bonds. The molecule has 0 aliphatic carbocycles. The first-order chi connectivity index (χ1) is 61.4. The van der Waals surface area contributed by atoms with Crippen molar-refractivity contribution < 1.29 is 101 Å². The SMILES string of the molecule is CC(=O)N[C@H]1CSCCC(=O)N2CN3CN(C2)C(=O)CCSC[C@H](NC(=O)[C@H](CC(=O)O)NC(=O)[C@H](CCC(=O)O)NC(=O)[C@H](CC(C)C)NC(=O)[C@H](Cc2c[nH]c4ccccc24)NC(=O)[C@H](CCC(N)=O)NC1=O)C(=O)N[C@@H](Cc1c[nH]c2ccccc12)C(=O)N[C@@H](CCCNC(=N)N)C(=O)NCC(=O)N[C@@H](Cc1ccc(C)cc1)C(=O)N[C@H](C(N)=O)CSCCC3=O. The molecule has 3 aromatic carbocycles. The van der Waals surface area contributed by atoms with E-state index >= 15 is 19.2 Å². The summed E-state index contributed by atoms with van der Waals surface area (Å²) in [5.41, 5.74) is 20.5. The second kappa shape index (κ2) is 49.9. The first-order valence-electron chi connectivity index (χ1n) is 41.8. The van der Waals surface area contributed by atoms with Crippen molar-refractivity contribution in [3.8, 4) is 0 Å². The third-order valence-corrected chi connectivity index (χ3v) is 24.2. The van der Waals surface area contributed by atoms with E-state index in [2.05, 4.69) is 79.1 Å². The number of hydrogen-bond donors (Lipinski definition) is 21. The van der Waals surface area contributed by atoms with Crippen LogP contribution < -0.4 is 86.3 Å². The second-order valence-corrected chi connectivity index (χ2v) is 35.2. The highest BCUT2D eigenvalue weighted by Gasteiger charge is 2.40. The van der Waals surface area contributed by atoms with Gasteiger partial charge >= 0.3 is 11.9 Å². The summed E-state index contributed by atoms with van der Waals surface area (Å²) in [6.07, 6.45) is -3.17. The molecule has 3 aliphatic heterocycles. The lowest BCUT2D eigenvalue weighted by Gasteiger charge is -2.42. The highest BCUT2D eigenvalue weighted by atomic mass is 32.2. The molecule has 3 fully saturated rings. The Balaban J connectivity index is 1.22. The van der Waals surface area contributed by atoms with Crippen molar-refractivity contribution in [2.75, 3.05) is 67.6 Å². The summed E-state index contributed by atoms with van der Waals surface area (Å²) in [7, 11) is 0. The highest BCUT2D eigenvalue weighted by Crippen LogP contribution is 2.24. The zero-order valence-corrected chi connectivity index (χ0v) is 74.1. The number of fused-ring (bicyclic) bond motifs is 9. The number of benzene rings is 3. The molecule has 11 atom stereocenters. The fourth-order valence-electron chi connectivity index (χ4n) is 14.2. The van der Waals surface area contributed by atoms with Gasteiger partial charge in [0, 0.05) is 134 Å². The van der Waals surface area contributed by atoms with Gasteiger partial charge in [0.1, 0.15) is 66.5 Å². The quantitative estimate of drug-likeness (QED) is 0.0183. The molecular formula is C83H112N22O21S3. The minimum absolute atomic E-state index is 0.0153. The smallest absolute Gasteiger partial charge is 0.305 e. The number of para-hydroxylation sites is 2. The van der Waals surface area contributed by atoms with E-state index in [1.807, 2.05) is 6.92 Å². The third kappa shape index (κ3) is 32.7. The Kier molecular flexibility index (Phi) is 39.2. The van der Waals surface area contributed by atoms with Gasteiger partial charge in [-0.3, -0.25) is 96.5 Å². The maximum atomic E-state index is 15.5. The Hall–Kier alpha value is -13.0. The molecule has 5 aromatic rings. The number of nitrogens with one attached hydrogen (secondary N) is 16. The Morgan fingerprint density at radius 1 is 0.496 bits per heavy atom. The molecule has 0 unspecified atom stereocenters. The predicted octanol–water partition coefficient (Wildman–Crippen LogP) is -3.38. The molecule has 8 rings (SSSR count). The standard InChI is InChI=1S/C83H112N22O21S3/c1-44(2)30-57-76(120)95-56(20-22-70(112)113)75(119)100-61(34-71(114)115)80(124)102-64-40-129-29-25-69(111)105-42-103(41-104(43-105)68(110)24-28-128-39-63(92-46(4)106)81(125)96-55(19-21-65(84)107)74(118)98-60(79(123)97-57)33-49-36-90-53-13-8-6-11-51(49)53)67(109)23-27-127-38-62(72(85)116)101-77(121)58(31-47-17-15-45(3)16-18-47)93-66(108)37-91-73(117)54(14-9-26-88-83(86)87)94-78(122)59(99-82(64)126)32-48-35-89-52-12-7-5-10-50(48)52/h5-8,10-13,15-18,35-36,44,54-64,89-90H,9,14,19-34,37-43H2,1-4H3,(H2,84,107)(H2,85,116)(H,91,117)(H,92,106)(H,93,108)(H,94,122)(H,95,120)(H,96,125)(H,97,123)(H,98,118)(H,99,126)(H,100,119)(H,101,121)(H,102,124)(H,112,113)(H,114,115)(H4,86,87,88)/t54-,55-,56-,57-,58-,59-,60-,61-,62-,63-,64-/m0/s1. The summed E-state index contributed by atoms with van der Waals surface area (Å²) in [5.74, 6) is -22.1. The van der Waals surface area contributed by atoms with Crippen LogP contribution in [0.15, 0.2) is 85.2 Å². The van der Waals surface area contributed by atoms with Crippen LogP contribution in [-0.4, -0.2) is 287 Å². The topological polar surface area (TPSA) is 664 Å². The number of primary amides is 2. The molecule has 0 radical (unpaired) electrons. The third-order valence-electron chi connectivity index (χ3n) is 21.0. The number of carboxylic acid groups (broad SMARTS) is 2. The van der Waals surface area contributed by atoms with Gasteiger partial charge in [-0.05, 0) is 73.8 Å². The van der Waals surface area contributed by atoms with Crippen LogP contribution in [-0.2, 0) is 110 Å². The first-order valence-corrected chi connectivity index (χ1v) is 45.2. The minimum Gasteiger partial charge on any atom is -0.481 e. The van der Waals surface area contributed by atoms with Crippen LogP contribution in [0.1, 0.15) is 114 Å². The van der Waals surface area contributed by atoms with Crippen molar-refractivity contribution >= 4 is 175 Å². The van der Waals surface area contributed by atoms with Gasteiger partial charge in [0.05, 0.1) is 33.0 Å². The van der Waals surface area contributed by atoms with Crippen LogP contribution in [0.4, 0.5) is 0 Å². The number of carbonyl (C=O) groups is 19. The summed E-state index contributed by atoms with van der Waals surface area (Å²) in [5, 5.41) is 62.5. The Morgan fingerprint density at radius 3 is 1.46 bits per heavy atom. The number of amides is 17. The van der Waals surface area contributed by atoms with Crippen molar-refractivity contribution in [2.24, 2.45) is 23.1 Å². The maximum absolute atomic E-state index is 15.5. The minimum atomic E-state index is -2.21. The molecule has 129 heavy (non-hydrogen) atoms. The number of rotatable bonds is 22. The molecule has 24 N–H and O–H groups in total. The number of carboxylic acids is 2. The van der Waals surface area contributed by atoms with Crippen LogP contribution in [0.2, 0.25) is 0 Å². The number of aromatic nitrogens is 2. The van der Waals surface area contributed by atoms with Gasteiger partial charge in [-0.15, -0.1) is 0 Å². The van der Waals surface area contributed by atoms with Crippen molar-refractivity contribution in [3.63, 3.8) is 0 Å². The van der Waals surface area contributed by atoms with Gasteiger partial charge in [0.2, 0.25) is 100 Å². The number of aryl methyl sites for hydroxylation is 1. The average Bonchev–Trinajstić information content (AvgIpc) is 1.64. The normalized spacial score (nSPS) is 23.2. The van der Waals surface area contributed by atoms with Crippen molar-refractivity contribution in [1.29, 1.82) is 5.41 Å². The van der Waals surface area contributed by atoms with E-state index in [1.54, 1.807) is 92.8 Å². The van der Waals surface area contributed by atoms with Crippen LogP contribution in [0.3, 0.4) is 0 Å². The molecule has 0 saturated carbocycles. The number of carbonyl (C=O) groups excluding carboxylic acids is 17. The van der Waals surface area contributed by atoms with Gasteiger partial charge in [0.25, 0.3) is 0 Å². The molecule has 5 heterocycles. The number of guanidine groups is 1. The van der Waals surface area contributed by atoms with Crippen LogP contribution in [0.5, 0.6) is 0 Å². The Bertz CT molecular complexity index is 4940. The zero-order valence-electron chi connectivity index (χ0n) is 71.6. The Labute approximate surface area is 754 Å². The summed E-state index contributed by atoms with van der Waals surface area (Å²) < 4.78 is 0. The second-order valence-electron chi connectivity index (χ2n) is 31.7. The lowest BCUT2D eigenvalue weighted by Crippen LogP contribution is -2.61. The van der Waals surface area contributed by atoms with Crippen LogP contribution in [0, 0.1) is 18.3 Å². The monoisotopic (exact) mass is 1850 g/mol. The predicted molar refractivity (Wildman–Crippen MR) is 475 cm³/mol. The fraction of sp³-hybridized carbons (Fsp3) is 0.494. The van der Waals surface area contributed by atoms with E-state index in [0.29, 0.717) is 38.5 Å². The molecule has 0 spiro atoms. The Morgan fingerprint density at radius 2 is 0.946 bits per heavy atom. The molecule has 46 heteroatoms. The lowest BCUT2D eigenvalue weighted by molar-refractivity contribution is -0.158. The van der Waals surface area contributed by atoms with Gasteiger partial charge < -0.3 is 121 Å². The zero-order chi connectivity index (χ0) is 94.1. The average molecular weight is 1850 g/mol. The van der Waals surface area contributed by atoms with Gasteiger partial charge in [-0.1, -0.05) is 80.1 Å². The van der Waals surface area contributed by atoms with E-state index in [0.717, 1.165) is 47.8 Å². The summed E-state index contributed by atoms with van der Waals surface area (Å²) >= 11 is 2.85. The van der Waals surface area contributed by atoms with Crippen molar-refractivity contribution in [2.45, 2.75) is 184 Å². The number of aliphatic carboxylic acids is 2. The molecule has 698 valence electrons. The number of nitrogens with two attached hydrogens (primary N) is 3. The number of nitrogens with zero attached hydrogens (tertiary/aromatic N) is 3. The van der Waals surface area contributed by atoms with E-state index < -0.39 is 262 Å². The maximum Gasteiger partial charge on any atom is 0.305 e. The largest absolute Gasteiger partial charge is 0.481 e. The van der Waals surface area contributed by atoms with E-state index in [4.69, 9.17) is 22.6 Å². The van der Waals surface area contributed by atoms with E-state index in [-0.39, 0.29) is 86.7 Å². The molecule has 4 bridgehead atoms. The summed E-state index contributed by atoms with van der Waals surface area (Å²) in [4.78, 5) is 281. The van der Waals surface area contributed by atoms with E-state index in [9.17, 15) is 82.1 Å². The van der Waals surface area contributed by atoms with Crippen molar-refractivity contribution in [1.82, 2.24) is 93.8 Å². The molecule has 2 aromatic heterocycles. The van der Waals surface area contributed by atoms with Crippen LogP contribution >= 0.6 is 35.3 Å². The van der Waals surface area contributed by atoms with Crippen molar-refractivity contribution in [3.05, 3.63) is 107 Å². The number of H-pyrrole nitrogens is 2. The number of thioether (sulfide) groups is 3. The van der Waals surface area contributed by atoms with Gasteiger partial charge in [0.15, 0.2) is 5.96 Å². The van der Waals surface area contributed by atoms with E-state index in [1.165, 1.54) is 20.9 Å². The molecule has 3 aliphatic rings. The molecule has 3 saturated heterocycles. The highest BCUT2D eigenvalue weighted by molar-refractivity contribution is 7.99. The van der Waals surface area contributed by atoms with Crippen LogP contribution in [0.25, 0.3) is 21.8 Å². The number of hydrogen-bond acceptors (Lipinski definition) is 23. The molecular weight excluding hydrogens is 1740 g/mol. The number of aromatic amines is 2. The first kappa shape index (κ1) is 101. The fourth-order valence-corrected chi connectivity index (χ4v) is 17.1. The lowest BCUT2D eigenvalue weighted by atomic mass is 9.99. The summed E-state index contributed by atoms with van der Waals surface area (Å²) in [6.45, 7) is 4.15. The van der Waals surface area contributed by atoms with Gasteiger partial charge in [-0.25, -0.2) is 0 Å². The van der Waals surface area contributed by atoms with Gasteiger partial charge in [-0.2, -0.15) is 35.3 Å². The summed E-state index contributed by atoms with van der Waals surface area (Å²) in [6, 6.07) is 1.88. The molecule has 43 nitrogen and oxygen atoms in total.